The molecular formula is C20H14F10N2O3. The number of nitro benzene ring substituents is 1. The van der Waals surface area contributed by atoms with E-state index in [1.54, 1.807) is 0 Å². The Morgan fingerprint density at radius 1 is 1.00 bits per heavy atom. The molecule has 35 heavy (non-hydrogen) atoms. The zero-order valence-electron chi connectivity index (χ0n) is 17.5. The molecule has 1 atom stereocenters. The van der Waals surface area contributed by atoms with Crippen LogP contribution in [0.1, 0.15) is 34.0 Å². The number of nitrogens with one attached hydrogen (secondary N) is 1. The maximum atomic E-state index is 14.8. The molecule has 0 heterocycles. The third-order valence-electron chi connectivity index (χ3n) is 5.03. The van der Waals surface area contributed by atoms with Gasteiger partial charge in [-0.25, -0.2) is 4.39 Å². The van der Waals surface area contributed by atoms with E-state index in [0.717, 1.165) is 25.1 Å². The van der Waals surface area contributed by atoms with Crippen LogP contribution < -0.4 is 5.32 Å². The number of hydrogen-bond donors (Lipinski definition) is 1. The monoisotopic (exact) mass is 520 g/mol. The number of nitrogens with zero attached hydrogens (tertiary/aromatic N) is 1. The number of benzene rings is 2. The fourth-order valence-corrected chi connectivity index (χ4v) is 3.25. The Kier molecular flexibility index (Phi) is 7.16. The minimum absolute atomic E-state index is 0.0473. The van der Waals surface area contributed by atoms with Gasteiger partial charge in [-0.05, 0) is 36.6 Å². The molecular weight excluding hydrogens is 506 g/mol. The van der Waals surface area contributed by atoms with Crippen LogP contribution in [0.15, 0.2) is 30.3 Å². The summed E-state index contributed by atoms with van der Waals surface area (Å²) in [6, 6.07) is 2.65. The molecule has 1 unspecified atom stereocenters. The molecule has 0 aromatic heterocycles. The van der Waals surface area contributed by atoms with E-state index < -0.39 is 80.6 Å². The van der Waals surface area contributed by atoms with Crippen molar-refractivity contribution in [3.8, 4) is 0 Å². The van der Waals surface area contributed by atoms with Crippen molar-refractivity contribution in [2.24, 2.45) is 0 Å². The van der Waals surface area contributed by atoms with Crippen molar-refractivity contribution in [3.05, 3.63) is 68.5 Å². The molecule has 15 heteroatoms. The number of carbonyl (C=O) groups excluding carboxylic acids is 1. The fraction of sp³-hybridized carbons (Fsp3) is 0.350. The van der Waals surface area contributed by atoms with Gasteiger partial charge < -0.3 is 5.32 Å². The largest absolute Gasteiger partial charge is 0.457 e. The van der Waals surface area contributed by atoms with Gasteiger partial charge in [-0.2, -0.15) is 39.5 Å². The number of aryl methyl sites for hydroxylation is 2. The highest BCUT2D eigenvalue weighted by Gasteiger charge is 2.81. The molecule has 0 fully saturated rings. The summed E-state index contributed by atoms with van der Waals surface area (Å²) in [5.41, 5.74) is -11.7. The van der Waals surface area contributed by atoms with Gasteiger partial charge in [-0.15, -0.1) is 0 Å². The second-order valence-corrected chi connectivity index (χ2v) is 7.26. The van der Waals surface area contributed by atoms with Gasteiger partial charge in [0.1, 0.15) is 0 Å². The molecule has 2 aromatic rings. The zero-order valence-corrected chi connectivity index (χ0v) is 17.5. The zero-order chi connectivity index (χ0) is 27.1. The molecule has 0 bridgehead atoms. The number of alkyl halides is 9. The van der Waals surface area contributed by atoms with Crippen LogP contribution in [0.3, 0.4) is 0 Å². The molecule has 2 rings (SSSR count). The van der Waals surface area contributed by atoms with Crippen molar-refractivity contribution < 1.29 is 53.6 Å². The van der Waals surface area contributed by atoms with Crippen molar-refractivity contribution in [2.45, 2.75) is 44.2 Å². The maximum Gasteiger partial charge on any atom is 0.457 e. The lowest BCUT2D eigenvalue weighted by atomic mass is 9.85. The Hall–Kier alpha value is -3.39. The summed E-state index contributed by atoms with van der Waals surface area (Å²) in [6.07, 6.45) is -14.0. The summed E-state index contributed by atoms with van der Waals surface area (Å²) in [4.78, 5) is 22.2. The number of hydrogen-bond acceptors (Lipinski definition) is 3. The average molecular weight is 520 g/mol. The molecule has 0 saturated carbocycles. The van der Waals surface area contributed by atoms with E-state index in [2.05, 4.69) is 0 Å². The minimum atomic E-state index is -6.91. The second-order valence-electron chi connectivity index (χ2n) is 7.26. The highest BCUT2D eigenvalue weighted by Crippen LogP contribution is 2.58. The highest BCUT2D eigenvalue weighted by atomic mass is 19.4. The van der Waals surface area contributed by atoms with E-state index in [1.165, 1.54) is 6.92 Å². The van der Waals surface area contributed by atoms with Crippen molar-refractivity contribution in [3.63, 3.8) is 0 Å². The Bertz CT molecular complexity index is 1160. The van der Waals surface area contributed by atoms with Crippen molar-refractivity contribution >= 4 is 17.3 Å². The normalized spacial score (nSPS) is 14.4. The van der Waals surface area contributed by atoms with Gasteiger partial charge in [0.25, 0.3) is 5.91 Å². The molecule has 0 spiro atoms. The molecule has 1 N–H and O–H groups in total. The van der Waals surface area contributed by atoms with E-state index in [1.807, 2.05) is 5.32 Å². The van der Waals surface area contributed by atoms with E-state index in [-0.39, 0.29) is 12.1 Å². The molecule has 0 aliphatic carbocycles. The first-order valence-corrected chi connectivity index (χ1v) is 9.39. The Balaban J connectivity index is 2.66. The smallest absolute Gasteiger partial charge is 0.321 e. The average Bonchev–Trinajstić information content (AvgIpc) is 2.72. The van der Waals surface area contributed by atoms with Crippen LogP contribution in [-0.2, 0) is 12.1 Å². The van der Waals surface area contributed by atoms with Gasteiger partial charge in [-0.1, -0.05) is 19.1 Å². The van der Waals surface area contributed by atoms with Crippen LogP contribution in [0.4, 0.5) is 55.3 Å². The van der Waals surface area contributed by atoms with Gasteiger partial charge >= 0.3 is 29.6 Å². The predicted molar refractivity (Wildman–Crippen MR) is 101 cm³/mol. The molecule has 192 valence electrons. The topological polar surface area (TPSA) is 72.2 Å². The van der Waals surface area contributed by atoms with Crippen LogP contribution in [0.25, 0.3) is 0 Å². The number of anilines is 1. The molecule has 0 aliphatic rings. The summed E-state index contributed by atoms with van der Waals surface area (Å²) in [7, 11) is 0. The summed E-state index contributed by atoms with van der Waals surface area (Å²) < 4.78 is 135. The summed E-state index contributed by atoms with van der Waals surface area (Å²) >= 11 is 0. The molecule has 5 nitrogen and oxygen atoms in total. The SMILES string of the molecule is CCc1cc(C(F)(C(F)(F)F)C(F)(F)C(F)(F)F)cc(C)c1NC(=O)c1cccc([N+](=O)[O-])c1F. The molecule has 0 radical (unpaired) electrons. The van der Waals surface area contributed by atoms with Gasteiger partial charge in [0.15, 0.2) is 0 Å². The van der Waals surface area contributed by atoms with Crippen LogP contribution in [0.5, 0.6) is 0 Å². The van der Waals surface area contributed by atoms with Crippen LogP contribution in [0, 0.1) is 22.9 Å². The minimum Gasteiger partial charge on any atom is -0.321 e. The molecule has 2 aromatic carbocycles. The standard InChI is InChI=1S/C20H14F10N2O3/c1-3-10-8-11(17(22,19(25,26)27)18(23,24)20(28,29)30)7-9(2)15(10)31-16(33)12-5-4-6-13(14(12)21)32(34)35/h4-8H,3H2,1-2H3,(H,31,33). The third kappa shape index (κ3) is 4.62. The number of rotatable bonds is 6. The number of carbonyl (C=O) groups is 1. The predicted octanol–water partition coefficient (Wildman–Crippen LogP) is 6.78. The maximum absolute atomic E-state index is 14.8. The molecule has 0 aliphatic heterocycles. The van der Waals surface area contributed by atoms with E-state index in [0.29, 0.717) is 0 Å². The Morgan fingerprint density at radius 2 is 1.57 bits per heavy atom. The Labute approximate surface area is 189 Å². The first kappa shape index (κ1) is 27.9. The van der Waals surface area contributed by atoms with Crippen LogP contribution >= 0.6 is 0 Å². The van der Waals surface area contributed by atoms with E-state index >= 15 is 0 Å². The van der Waals surface area contributed by atoms with Gasteiger partial charge in [0.05, 0.1) is 10.5 Å². The first-order chi connectivity index (χ1) is 15.8. The van der Waals surface area contributed by atoms with Crippen molar-refractivity contribution in [2.75, 3.05) is 5.32 Å². The van der Waals surface area contributed by atoms with E-state index in [4.69, 9.17) is 0 Å². The summed E-state index contributed by atoms with van der Waals surface area (Å²) in [5, 5.41) is 12.9. The fourth-order valence-electron chi connectivity index (χ4n) is 3.25. The molecule has 1 amide bonds. The highest BCUT2D eigenvalue weighted by molar-refractivity contribution is 6.05. The van der Waals surface area contributed by atoms with Gasteiger partial charge in [-0.3, -0.25) is 14.9 Å². The lowest BCUT2D eigenvalue weighted by Crippen LogP contribution is -2.59. The first-order valence-electron chi connectivity index (χ1n) is 9.39. The molecule has 0 saturated heterocycles. The number of nitro groups is 1. The third-order valence-corrected chi connectivity index (χ3v) is 5.03. The quantitative estimate of drug-likeness (QED) is 0.259. The van der Waals surface area contributed by atoms with Crippen molar-refractivity contribution in [1.29, 1.82) is 0 Å². The number of halogens is 10. The lowest BCUT2D eigenvalue weighted by molar-refractivity contribution is -0.389. The van der Waals surface area contributed by atoms with Crippen molar-refractivity contribution in [1.82, 2.24) is 0 Å². The van der Waals surface area contributed by atoms with Crippen LogP contribution in [0.2, 0.25) is 0 Å². The van der Waals surface area contributed by atoms with Gasteiger partial charge in [0, 0.05) is 17.3 Å². The number of amides is 1. The summed E-state index contributed by atoms with van der Waals surface area (Å²) in [6.45, 7) is 2.09. The lowest BCUT2D eigenvalue weighted by Gasteiger charge is -2.36. The van der Waals surface area contributed by atoms with E-state index in [9.17, 15) is 58.8 Å². The van der Waals surface area contributed by atoms with Gasteiger partial charge in [0.2, 0.25) is 5.82 Å². The van der Waals surface area contributed by atoms with Crippen LogP contribution in [-0.4, -0.2) is 29.1 Å². The summed E-state index contributed by atoms with van der Waals surface area (Å²) in [5.74, 6) is -9.79. The Morgan fingerprint density at radius 3 is 2.03 bits per heavy atom. The second kappa shape index (κ2) is 9.00.